The van der Waals surface area contributed by atoms with Crippen LogP contribution in [-0.2, 0) is 0 Å². The highest BCUT2D eigenvalue weighted by atomic mass is 32.1. The van der Waals surface area contributed by atoms with E-state index in [1.165, 1.54) is 24.2 Å². The van der Waals surface area contributed by atoms with Crippen LogP contribution in [0.5, 0.6) is 0 Å². The first-order valence-electron chi connectivity index (χ1n) is 7.40. The molecule has 1 fully saturated rings. The summed E-state index contributed by atoms with van der Waals surface area (Å²) < 4.78 is 0. The Morgan fingerprint density at radius 2 is 2.19 bits per heavy atom. The van der Waals surface area contributed by atoms with Crippen molar-refractivity contribution >= 4 is 28.2 Å². The lowest BCUT2D eigenvalue weighted by atomic mass is 10.2. The number of nitrogens with two attached hydrogens (primary N) is 1. The topological polar surface area (TPSA) is 74.5 Å². The van der Waals surface area contributed by atoms with Crippen molar-refractivity contribution in [3.8, 4) is 0 Å². The molecule has 0 bridgehead atoms. The van der Waals surface area contributed by atoms with E-state index in [2.05, 4.69) is 22.1 Å². The molecule has 1 saturated carbocycles. The van der Waals surface area contributed by atoms with Crippen LogP contribution in [0.25, 0.3) is 0 Å². The maximum Gasteiger partial charge on any atom is 0.268 e. The summed E-state index contributed by atoms with van der Waals surface area (Å²) in [6, 6.07) is 0.646. The van der Waals surface area contributed by atoms with Gasteiger partial charge in [0.05, 0.1) is 0 Å². The van der Waals surface area contributed by atoms with Crippen LogP contribution in [0, 0.1) is 0 Å². The summed E-state index contributed by atoms with van der Waals surface area (Å²) in [7, 11) is 4.01. The number of carbonyl (C=O) groups excluding carboxylic acids is 1. The van der Waals surface area contributed by atoms with Crippen molar-refractivity contribution < 1.29 is 4.79 Å². The number of anilines is 2. The van der Waals surface area contributed by atoms with Crippen molar-refractivity contribution in [1.82, 2.24) is 14.8 Å². The normalized spacial score (nSPS) is 16.0. The highest BCUT2D eigenvalue weighted by Gasteiger charge is 2.27. The van der Waals surface area contributed by atoms with Gasteiger partial charge in [0.2, 0.25) is 0 Å². The number of amides is 1. The minimum absolute atomic E-state index is 0.0225. The molecule has 21 heavy (non-hydrogen) atoms. The molecular weight excluding hydrogens is 286 g/mol. The minimum atomic E-state index is -0.0225. The van der Waals surface area contributed by atoms with Crippen molar-refractivity contribution in [2.24, 2.45) is 0 Å². The quantitative estimate of drug-likeness (QED) is 0.802. The maximum atomic E-state index is 12.7. The van der Waals surface area contributed by atoms with E-state index < -0.39 is 0 Å². The Hall–Kier alpha value is -1.34. The lowest BCUT2D eigenvalue weighted by Crippen LogP contribution is -2.43. The summed E-state index contributed by atoms with van der Waals surface area (Å²) in [5, 5.41) is 4.06. The van der Waals surface area contributed by atoms with Crippen molar-refractivity contribution in [3.05, 3.63) is 4.88 Å². The number of nitrogens with zero attached hydrogens (tertiary/aromatic N) is 3. The Morgan fingerprint density at radius 1 is 1.52 bits per heavy atom. The van der Waals surface area contributed by atoms with Crippen molar-refractivity contribution in [1.29, 1.82) is 0 Å². The molecule has 1 heterocycles. The van der Waals surface area contributed by atoms with Crippen LogP contribution in [0.3, 0.4) is 0 Å². The molecule has 1 amide bonds. The Kier molecular flexibility index (Phi) is 5.05. The fourth-order valence-electron chi connectivity index (χ4n) is 2.36. The summed E-state index contributed by atoms with van der Waals surface area (Å²) in [5.41, 5.74) is 5.93. The van der Waals surface area contributed by atoms with E-state index >= 15 is 0 Å². The van der Waals surface area contributed by atoms with E-state index in [0.717, 1.165) is 11.7 Å². The van der Waals surface area contributed by atoms with E-state index in [9.17, 15) is 4.79 Å². The number of likely N-dealkylation sites (N-methyl/N-ethyl adjacent to an activating group) is 2. The number of hydrogen-bond donors (Lipinski definition) is 2. The number of aromatic nitrogens is 1. The zero-order chi connectivity index (χ0) is 15.6. The molecule has 0 saturated heterocycles. The van der Waals surface area contributed by atoms with Gasteiger partial charge in [0, 0.05) is 25.2 Å². The van der Waals surface area contributed by atoms with Crippen molar-refractivity contribution in [2.75, 3.05) is 38.2 Å². The third-order valence-electron chi connectivity index (χ3n) is 3.52. The summed E-state index contributed by atoms with van der Waals surface area (Å²) in [4.78, 5) is 21.5. The number of thiazole rings is 1. The van der Waals surface area contributed by atoms with Gasteiger partial charge in [-0.05, 0) is 40.8 Å². The molecule has 118 valence electrons. The Morgan fingerprint density at radius 3 is 2.71 bits per heavy atom. The predicted molar refractivity (Wildman–Crippen MR) is 87.9 cm³/mol. The van der Waals surface area contributed by atoms with E-state index in [-0.39, 0.29) is 11.9 Å². The van der Waals surface area contributed by atoms with Gasteiger partial charge in [-0.15, -0.1) is 0 Å². The Labute approximate surface area is 130 Å². The van der Waals surface area contributed by atoms with Crippen LogP contribution in [0.1, 0.15) is 36.4 Å². The van der Waals surface area contributed by atoms with Crippen LogP contribution in [0.2, 0.25) is 0 Å². The molecule has 1 aliphatic rings. The molecule has 0 aromatic carbocycles. The standard InChI is InChI=1S/C14H25N5OS/c1-5-19(9(2)8-18(3)4)13(20)11-12(15)17-14(21-11)16-10-6-7-10/h9-10H,5-8,15H2,1-4H3,(H,16,17). The Balaban J connectivity index is 2.10. The van der Waals surface area contributed by atoms with Gasteiger partial charge in [0.1, 0.15) is 10.7 Å². The molecule has 6 nitrogen and oxygen atoms in total. The first kappa shape index (κ1) is 16.0. The van der Waals surface area contributed by atoms with Crippen LogP contribution in [-0.4, -0.2) is 60.0 Å². The number of rotatable bonds is 7. The Bertz CT molecular complexity index is 498. The van der Waals surface area contributed by atoms with Gasteiger partial charge in [0.25, 0.3) is 5.91 Å². The average molecular weight is 311 g/mol. The largest absolute Gasteiger partial charge is 0.382 e. The molecule has 3 N–H and O–H groups in total. The SMILES string of the molecule is CCN(C(=O)c1sc(NC2CC2)nc1N)C(C)CN(C)C. The molecule has 2 rings (SSSR count). The van der Waals surface area contributed by atoms with Gasteiger partial charge in [-0.3, -0.25) is 4.79 Å². The van der Waals surface area contributed by atoms with Gasteiger partial charge in [-0.25, -0.2) is 4.98 Å². The molecule has 0 spiro atoms. The van der Waals surface area contributed by atoms with Crippen LogP contribution in [0.15, 0.2) is 0 Å². The summed E-state index contributed by atoms with van der Waals surface area (Å²) in [5.74, 6) is 0.314. The van der Waals surface area contributed by atoms with E-state index in [1.807, 2.05) is 25.9 Å². The highest BCUT2D eigenvalue weighted by molar-refractivity contribution is 7.18. The van der Waals surface area contributed by atoms with E-state index in [0.29, 0.717) is 23.3 Å². The number of hydrogen-bond acceptors (Lipinski definition) is 6. The van der Waals surface area contributed by atoms with Crippen molar-refractivity contribution in [3.63, 3.8) is 0 Å². The van der Waals surface area contributed by atoms with Crippen LogP contribution in [0.4, 0.5) is 10.9 Å². The molecule has 1 aromatic rings. The molecule has 1 aromatic heterocycles. The van der Waals surface area contributed by atoms with Crippen LogP contribution >= 0.6 is 11.3 Å². The van der Waals surface area contributed by atoms with Crippen molar-refractivity contribution in [2.45, 2.75) is 38.8 Å². The lowest BCUT2D eigenvalue weighted by Gasteiger charge is -2.29. The van der Waals surface area contributed by atoms with E-state index in [1.54, 1.807) is 0 Å². The highest BCUT2D eigenvalue weighted by Crippen LogP contribution is 2.31. The molecule has 7 heteroatoms. The maximum absolute atomic E-state index is 12.7. The lowest BCUT2D eigenvalue weighted by molar-refractivity contribution is 0.0685. The predicted octanol–water partition coefficient (Wildman–Crippen LogP) is 1.71. The summed E-state index contributed by atoms with van der Waals surface area (Å²) in [6.07, 6.45) is 2.34. The number of nitrogen functional groups attached to an aromatic ring is 1. The van der Waals surface area contributed by atoms with Gasteiger partial charge in [0.15, 0.2) is 5.13 Å². The number of nitrogens with one attached hydrogen (secondary N) is 1. The van der Waals surface area contributed by atoms with Gasteiger partial charge in [-0.2, -0.15) is 0 Å². The second kappa shape index (κ2) is 6.62. The third-order valence-corrected chi connectivity index (χ3v) is 4.51. The fourth-order valence-corrected chi connectivity index (χ4v) is 3.28. The monoisotopic (exact) mass is 311 g/mol. The minimum Gasteiger partial charge on any atom is -0.382 e. The van der Waals surface area contributed by atoms with Gasteiger partial charge in [-0.1, -0.05) is 11.3 Å². The smallest absolute Gasteiger partial charge is 0.268 e. The third kappa shape index (κ3) is 4.07. The van der Waals surface area contributed by atoms with E-state index in [4.69, 9.17) is 5.73 Å². The second-order valence-corrected chi connectivity index (χ2v) is 6.85. The van der Waals surface area contributed by atoms with Gasteiger partial charge < -0.3 is 20.9 Å². The zero-order valence-corrected chi connectivity index (χ0v) is 14.0. The number of carbonyl (C=O) groups is 1. The fraction of sp³-hybridized carbons (Fsp3) is 0.714. The zero-order valence-electron chi connectivity index (χ0n) is 13.2. The second-order valence-electron chi connectivity index (χ2n) is 5.85. The summed E-state index contributed by atoms with van der Waals surface area (Å²) >= 11 is 1.36. The molecule has 1 unspecified atom stereocenters. The first-order chi connectivity index (χ1) is 9.92. The molecule has 0 radical (unpaired) electrons. The first-order valence-corrected chi connectivity index (χ1v) is 8.22. The average Bonchev–Trinajstić information content (AvgIpc) is 3.11. The molecule has 1 aliphatic carbocycles. The van der Waals surface area contributed by atoms with Gasteiger partial charge >= 0.3 is 0 Å². The molecule has 0 aliphatic heterocycles. The molecule has 1 atom stereocenters. The summed E-state index contributed by atoms with van der Waals surface area (Å²) in [6.45, 7) is 5.54. The molecular formula is C14H25N5OS. The van der Waals surface area contributed by atoms with Crippen LogP contribution < -0.4 is 11.1 Å².